The number of benzene rings is 1. The minimum Gasteiger partial charge on any atom is -0.304 e. The standard InChI is InChI=1S/C11H17NOS2/c1-8-6-11(15-3)9(4-5-13-12)7-10(8)14-2/h6-7H,4-5,12H2,1-3H3. The predicted molar refractivity (Wildman–Crippen MR) is 68.6 cm³/mol. The molecule has 0 atom stereocenters. The van der Waals surface area contributed by atoms with Gasteiger partial charge >= 0.3 is 0 Å². The molecule has 15 heavy (non-hydrogen) atoms. The molecular formula is C11H17NOS2. The fraction of sp³-hybridized carbons (Fsp3) is 0.455. The maximum atomic E-state index is 5.06. The van der Waals surface area contributed by atoms with Gasteiger partial charge in [0.1, 0.15) is 0 Å². The summed E-state index contributed by atoms with van der Waals surface area (Å²) in [4.78, 5) is 7.29. The van der Waals surface area contributed by atoms with Crippen LogP contribution in [0.25, 0.3) is 0 Å². The van der Waals surface area contributed by atoms with Crippen LogP contribution in [-0.4, -0.2) is 19.1 Å². The Morgan fingerprint density at radius 3 is 2.40 bits per heavy atom. The zero-order valence-corrected chi connectivity index (χ0v) is 11.0. The molecule has 0 aromatic heterocycles. The monoisotopic (exact) mass is 243 g/mol. The Kier molecular flexibility index (Phi) is 5.53. The van der Waals surface area contributed by atoms with Gasteiger partial charge in [-0.15, -0.1) is 23.5 Å². The van der Waals surface area contributed by atoms with Gasteiger partial charge in [-0.25, -0.2) is 5.90 Å². The third-order valence-electron chi connectivity index (χ3n) is 2.29. The van der Waals surface area contributed by atoms with Crippen molar-refractivity contribution in [3.63, 3.8) is 0 Å². The van der Waals surface area contributed by atoms with Crippen LogP contribution >= 0.6 is 23.5 Å². The molecule has 2 N–H and O–H groups in total. The zero-order chi connectivity index (χ0) is 11.3. The molecule has 1 aromatic rings. The number of hydrogen-bond donors (Lipinski definition) is 1. The fourth-order valence-corrected chi connectivity index (χ4v) is 2.84. The Bertz CT molecular complexity index is 329. The Hall–Kier alpha value is -0.160. The SMILES string of the molecule is CSc1cc(CCON)c(SC)cc1C. The number of aryl methyl sites for hydroxylation is 1. The van der Waals surface area contributed by atoms with Crippen molar-refractivity contribution in [3.8, 4) is 0 Å². The van der Waals surface area contributed by atoms with E-state index in [0.29, 0.717) is 6.61 Å². The summed E-state index contributed by atoms with van der Waals surface area (Å²) in [6, 6.07) is 4.48. The van der Waals surface area contributed by atoms with Crippen LogP contribution in [-0.2, 0) is 11.3 Å². The van der Waals surface area contributed by atoms with Crippen LogP contribution < -0.4 is 5.90 Å². The van der Waals surface area contributed by atoms with E-state index < -0.39 is 0 Å². The van der Waals surface area contributed by atoms with E-state index in [1.807, 2.05) is 0 Å². The lowest BCUT2D eigenvalue weighted by atomic mass is 10.1. The molecular weight excluding hydrogens is 226 g/mol. The molecule has 0 aliphatic heterocycles. The second-order valence-corrected chi connectivity index (χ2v) is 4.95. The molecule has 1 aromatic carbocycles. The highest BCUT2D eigenvalue weighted by Gasteiger charge is 2.06. The maximum Gasteiger partial charge on any atom is 0.0720 e. The second kappa shape index (κ2) is 6.43. The van der Waals surface area contributed by atoms with E-state index in [4.69, 9.17) is 5.90 Å². The van der Waals surface area contributed by atoms with Gasteiger partial charge in [0.2, 0.25) is 0 Å². The Morgan fingerprint density at radius 2 is 1.87 bits per heavy atom. The summed E-state index contributed by atoms with van der Waals surface area (Å²) in [5.41, 5.74) is 2.66. The van der Waals surface area contributed by atoms with Crippen molar-refractivity contribution >= 4 is 23.5 Å². The molecule has 0 fully saturated rings. The van der Waals surface area contributed by atoms with E-state index >= 15 is 0 Å². The van der Waals surface area contributed by atoms with Crippen LogP contribution in [0.1, 0.15) is 11.1 Å². The third kappa shape index (κ3) is 3.41. The topological polar surface area (TPSA) is 35.2 Å². The summed E-state index contributed by atoms with van der Waals surface area (Å²) < 4.78 is 0. The van der Waals surface area contributed by atoms with Crippen molar-refractivity contribution in [3.05, 3.63) is 23.3 Å². The van der Waals surface area contributed by atoms with Gasteiger partial charge in [-0.05, 0) is 49.1 Å². The molecule has 0 heterocycles. The van der Waals surface area contributed by atoms with Gasteiger partial charge in [0, 0.05) is 9.79 Å². The smallest absolute Gasteiger partial charge is 0.0720 e. The molecule has 0 unspecified atom stereocenters. The van der Waals surface area contributed by atoms with E-state index in [1.165, 1.54) is 20.9 Å². The molecule has 2 nitrogen and oxygen atoms in total. The lowest BCUT2D eigenvalue weighted by molar-refractivity contribution is 0.141. The molecule has 0 saturated heterocycles. The maximum absolute atomic E-state index is 5.06. The summed E-state index contributed by atoms with van der Waals surface area (Å²) in [7, 11) is 0. The number of rotatable bonds is 5. The molecule has 0 aliphatic rings. The van der Waals surface area contributed by atoms with Crippen molar-refractivity contribution in [1.82, 2.24) is 0 Å². The van der Waals surface area contributed by atoms with Crippen LogP contribution in [0, 0.1) is 6.92 Å². The van der Waals surface area contributed by atoms with Crippen LogP contribution in [0.4, 0.5) is 0 Å². The molecule has 84 valence electrons. The number of hydrogen-bond acceptors (Lipinski definition) is 4. The molecule has 0 radical (unpaired) electrons. The van der Waals surface area contributed by atoms with Gasteiger partial charge in [0.25, 0.3) is 0 Å². The second-order valence-electron chi connectivity index (χ2n) is 3.25. The quantitative estimate of drug-likeness (QED) is 0.637. The average Bonchev–Trinajstić information content (AvgIpc) is 2.26. The van der Waals surface area contributed by atoms with Gasteiger partial charge in [0.05, 0.1) is 6.61 Å². The number of nitrogens with two attached hydrogens (primary N) is 1. The summed E-state index contributed by atoms with van der Waals surface area (Å²) in [6.07, 6.45) is 5.07. The van der Waals surface area contributed by atoms with E-state index in [9.17, 15) is 0 Å². The summed E-state index contributed by atoms with van der Waals surface area (Å²) in [5, 5.41) is 0. The molecule has 0 amide bonds. The van der Waals surface area contributed by atoms with E-state index in [2.05, 4.69) is 36.4 Å². The predicted octanol–water partition coefficient (Wildman–Crippen LogP) is 2.87. The summed E-state index contributed by atoms with van der Waals surface area (Å²) >= 11 is 3.55. The van der Waals surface area contributed by atoms with Gasteiger partial charge in [-0.2, -0.15) is 0 Å². The largest absolute Gasteiger partial charge is 0.304 e. The van der Waals surface area contributed by atoms with Crippen LogP contribution in [0.2, 0.25) is 0 Å². The van der Waals surface area contributed by atoms with Gasteiger partial charge in [-0.3, -0.25) is 0 Å². The van der Waals surface area contributed by atoms with Crippen molar-refractivity contribution < 1.29 is 4.84 Å². The fourth-order valence-electron chi connectivity index (χ4n) is 1.48. The third-order valence-corrected chi connectivity index (χ3v) is 3.99. The Balaban J connectivity index is 2.99. The molecule has 0 aliphatic carbocycles. The van der Waals surface area contributed by atoms with Gasteiger partial charge in [0.15, 0.2) is 0 Å². The first-order valence-corrected chi connectivity index (χ1v) is 7.21. The van der Waals surface area contributed by atoms with Crippen LogP contribution in [0.5, 0.6) is 0 Å². The highest BCUT2D eigenvalue weighted by atomic mass is 32.2. The molecule has 0 spiro atoms. The summed E-state index contributed by atoms with van der Waals surface area (Å²) in [5.74, 6) is 5.06. The van der Waals surface area contributed by atoms with E-state index in [1.54, 1.807) is 23.5 Å². The zero-order valence-electron chi connectivity index (χ0n) is 9.37. The Labute approximate surface area is 99.9 Å². The van der Waals surface area contributed by atoms with Crippen molar-refractivity contribution in [2.24, 2.45) is 5.90 Å². The molecule has 4 heteroatoms. The van der Waals surface area contributed by atoms with E-state index in [0.717, 1.165) is 6.42 Å². The minimum atomic E-state index is 0.574. The van der Waals surface area contributed by atoms with Crippen molar-refractivity contribution in [2.45, 2.75) is 23.1 Å². The molecule has 0 bridgehead atoms. The highest BCUT2D eigenvalue weighted by molar-refractivity contribution is 7.99. The lowest BCUT2D eigenvalue weighted by Crippen LogP contribution is -2.04. The Morgan fingerprint density at radius 1 is 1.20 bits per heavy atom. The minimum absolute atomic E-state index is 0.574. The average molecular weight is 243 g/mol. The first kappa shape index (κ1) is 12.9. The number of thioether (sulfide) groups is 2. The first-order valence-electron chi connectivity index (χ1n) is 4.76. The van der Waals surface area contributed by atoms with E-state index in [-0.39, 0.29) is 0 Å². The highest BCUT2D eigenvalue weighted by Crippen LogP contribution is 2.29. The van der Waals surface area contributed by atoms with Crippen LogP contribution in [0.3, 0.4) is 0 Å². The summed E-state index contributed by atoms with van der Waals surface area (Å²) in [6.45, 7) is 2.72. The molecule has 1 rings (SSSR count). The van der Waals surface area contributed by atoms with Crippen molar-refractivity contribution in [2.75, 3.05) is 19.1 Å². The first-order chi connectivity index (χ1) is 7.22. The normalized spacial score (nSPS) is 10.7. The van der Waals surface area contributed by atoms with Gasteiger partial charge < -0.3 is 4.84 Å². The molecule has 0 saturated carbocycles. The lowest BCUT2D eigenvalue weighted by Gasteiger charge is -2.11. The van der Waals surface area contributed by atoms with Gasteiger partial charge in [-0.1, -0.05) is 0 Å². The van der Waals surface area contributed by atoms with Crippen LogP contribution in [0.15, 0.2) is 21.9 Å². The van der Waals surface area contributed by atoms with Crippen molar-refractivity contribution in [1.29, 1.82) is 0 Å².